The molecular weight excluding hydrogens is 384 g/mol. The number of amides is 2. The molecule has 0 aliphatic rings. The van der Waals surface area contributed by atoms with E-state index in [4.69, 9.17) is 4.74 Å². The van der Waals surface area contributed by atoms with E-state index < -0.39 is 30.1 Å². The Bertz CT molecular complexity index is 826. The van der Waals surface area contributed by atoms with Crippen molar-refractivity contribution in [3.05, 3.63) is 71.8 Å². The smallest absolute Gasteiger partial charge is 0.408 e. The van der Waals surface area contributed by atoms with Crippen molar-refractivity contribution >= 4 is 18.0 Å². The molecule has 0 saturated heterocycles. The maximum Gasteiger partial charge on any atom is 0.408 e. The van der Waals surface area contributed by atoms with Crippen LogP contribution in [0.2, 0.25) is 0 Å². The summed E-state index contributed by atoms with van der Waals surface area (Å²) < 4.78 is 5.22. The summed E-state index contributed by atoms with van der Waals surface area (Å²) in [7, 11) is 0. The highest BCUT2D eigenvalue weighted by atomic mass is 16.5. The monoisotopic (exact) mass is 412 g/mol. The highest BCUT2D eigenvalue weighted by Gasteiger charge is 2.30. The van der Waals surface area contributed by atoms with Gasteiger partial charge in [-0.3, -0.25) is 4.79 Å². The molecule has 160 valence electrons. The summed E-state index contributed by atoms with van der Waals surface area (Å²) >= 11 is 0. The van der Waals surface area contributed by atoms with E-state index >= 15 is 0 Å². The van der Waals surface area contributed by atoms with Gasteiger partial charge in [-0.2, -0.15) is 0 Å². The van der Waals surface area contributed by atoms with Crippen molar-refractivity contribution in [3.8, 4) is 0 Å². The topological polar surface area (TPSA) is 105 Å². The SMILES string of the molecule is CC[C@H](C)[C@H](NC(=O)[C@@H](Cc1ccccc1)NC(=O)OCc1ccccc1)C(=O)O. The van der Waals surface area contributed by atoms with Crippen LogP contribution in [0.5, 0.6) is 0 Å². The summed E-state index contributed by atoms with van der Waals surface area (Å²) in [6.45, 7) is 3.68. The minimum absolute atomic E-state index is 0.0664. The highest BCUT2D eigenvalue weighted by molar-refractivity contribution is 5.89. The van der Waals surface area contributed by atoms with Gasteiger partial charge >= 0.3 is 12.1 Å². The van der Waals surface area contributed by atoms with Gasteiger partial charge in [0.15, 0.2) is 0 Å². The maximum atomic E-state index is 12.8. The molecule has 0 aliphatic heterocycles. The Morgan fingerprint density at radius 2 is 1.50 bits per heavy atom. The van der Waals surface area contributed by atoms with E-state index in [1.165, 1.54) is 0 Å². The highest BCUT2D eigenvalue weighted by Crippen LogP contribution is 2.10. The Morgan fingerprint density at radius 3 is 2.03 bits per heavy atom. The summed E-state index contributed by atoms with van der Waals surface area (Å²) in [5.41, 5.74) is 1.65. The van der Waals surface area contributed by atoms with Crippen LogP contribution in [0.1, 0.15) is 31.4 Å². The van der Waals surface area contributed by atoms with Gasteiger partial charge < -0.3 is 20.5 Å². The van der Waals surface area contributed by atoms with Gasteiger partial charge in [-0.15, -0.1) is 0 Å². The average molecular weight is 412 g/mol. The van der Waals surface area contributed by atoms with Crippen molar-refractivity contribution in [1.82, 2.24) is 10.6 Å². The largest absolute Gasteiger partial charge is 0.480 e. The molecule has 2 aromatic rings. The zero-order chi connectivity index (χ0) is 21.9. The molecule has 30 heavy (non-hydrogen) atoms. The van der Waals surface area contributed by atoms with Gasteiger partial charge in [-0.25, -0.2) is 9.59 Å². The van der Waals surface area contributed by atoms with Crippen molar-refractivity contribution in [2.75, 3.05) is 0 Å². The first-order valence-electron chi connectivity index (χ1n) is 9.95. The fourth-order valence-corrected chi connectivity index (χ4v) is 2.90. The number of carboxylic acids is 1. The molecule has 7 heteroatoms. The summed E-state index contributed by atoms with van der Waals surface area (Å²) in [5.74, 6) is -1.93. The van der Waals surface area contributed by atoms with Gasteiger partial charge in [0.25, 0.3) is 0 Å². The number of benzene rings is 2. The second-order valence-corrected chi connectivity index (χ2v) is 7.16. The molecule has 0 bridgehead atoms. The summed E-state index contributed by atoms with van der Waals surface area (Å²) in [4.78, 5) is 36.7. The summed E-state index contributed by atoms with van der Waals surface area (Å²) in [5, 5.41) is 14.6. The lowest BCUT2D eigenvalue weighted by atomic mass is 9.98. The predicted octanol–water partition coefficient (Wildman–Crippen LogP) is 3.14. The molecule has 0 aliphatic carbocycles. The molecule has 2 rings (SSSR count). The number of nitrogens with one attached hydrogen (secondary N) is 2. The van der Waals surface area contributed by atoms with E-state index in [0.717, 1.165) is 11.1 Å². The van der Waals surface area contributed by atoms with Crippen LogP contribution in [0.4, 0.5) is 4.79 Å². The minimum atomic E-state index is -1.11. The number of hydrogen-bond acceptors (Lipinski definition) is 4. The zero-order valence-electron chi connectivity index (χ0n) is 17.2. The van der Waals surface area contributed by atoms with Crippen LogP contribution in [-0.2, 0) is 27.4 Å². The Morgan fingerprint density at radius 1 is 0.933 bits per heavy atom. The normalized spacial score (nSPS) is 13.5. The van der Waals surface area contributed by atoms with Gasteiger partial charge in [-0.05, 0) is 17.0 Å². The first-order chi connectivity index (χ1) is 14.4. The third kappa shape index (κ3) is 7.24. The third-order valence-corrected chi connectivity index (χ3v) is 4.88. The zero-order valence-corrected chi connectivity index (χ0v) is 17.2. The van der Waals surface area contributed by atoms with Crippen LogP contribution in [0.15, 0.2) is 60.7 Å². The van der Waals surface area contributed by atoms with Crippen molar-refractivity contribution in [1.29, 1.82) is 0 Å². The molecule has 0 fully saturated rings. The first-order valence-corrected chi connectivity index (χ1v) is 9.95. The molecule has 0 radical (unpaired) electrons. The molecule has 3 N–H and O–H groups in total. The molecule has 0 saturated carbocycles. The lowest BCUT2D eigenvalue weighted by molar-refractivity contribution is -0.143. The van der Waals surface area contributed by atoms with Crippen LogP contribution >= 0.6 is 0 Å². The average Bonchev–Trinajstić information content (AvgIpc) is 2.76. The van der Waals surface area contributed by atoms with Crippen molar-refractivity contribution in [3.63, 3.8) is 0 Å². The van der Waals surface area contributed by atoms with Crippen LogP contribution in [0.3, 0.4) is 0 Å². The molecule has 7 nitrogen and oxygen atoms in total. The van der Waals surface area contributed by atoms with Crippen LogP contribution in [0, 0.1) is 5.92 Å². The second kappa shape index (κ2) is 11.6. The summed E-state index contributed by atoms with van der Waals surface area (Å²) in [6, 6.07) is 16.4. The fourth-order valence-electron chi connectivity index (χ4n) is 2.90. The fraction of sp³-hybridized carbons (Fsp3) is 0.348. The number of hydrogen-bond donors (Lipinski definition) is 3. The third-order valence-electron chi connectivity index (χ3n) is 4.88. The molecular formula is C23H28N2O5. The van der Waals surface area contributed by atoms with Crippen LogP contribution in [0.25, 0.3) is 0 Å². The van der Waals surface area contributed by atoms with Gasteiger partial charge in [0.2, 0.25) is 5.91 Å². The van der Waals surface area contributed by atoms with Gasteiger partial charge in [0, 0.05) is 6.42 Å². The number of carbonyl (C=O) groups is 3. The van der Waals surface area contributed by atoms with Gasteiger partial charge in [-0.1, -0.05) is 80.9 Å². The summed E-state index contributed by atoms with van der Waals surface area (Å²) in [6.07, 6.45) is 0.0537. The van der Waals surface area contributed by atoms with E-state index in [1.807, 2.05) is 67.6 Å². The first kappa shape index (κ1) is 22.9. The predicted molar refractivity (Wildman–Crippen MR) is 113 cm³/mol. The molecule has 0 aromatic heterocycles. The molecule has 0 heterocycles. The van der Waals surface area contributed by atoms with Crippen molar-refractivity contribution < 1.29 is 24.2 Å². The van der Waals surface area contributed by atoms with E-state index in [1.54, 1.807) is 6.92 Å². The minimum Gasteiger partial charge on any atom is -0.480 e. The Hall–Kier alpha value is -3.35. The Balaban J connectivity index is 2.08. The van der Waals surface area contributed by atoms with Crippen LogP contribution < -0.4 is 10.6 Å². The van der Waals surface area contributed by atoms with E-state index in [2.05, 4.69) is 10.6 Å². The number of aliphatic carboxylic acids is 1. The number of alkyl carbamates (subject to hydrolysis) is 1. The van der Waals surface area contributed by atoms with Crippen LogP contribution in [-0.4, -0.2) is 35.2 Å². The van der Waals surface area contributed by atoms with Gasteiger partial charge in [0.1, 0.15) is 18.7 Å². The molecule has 0 spiro atoms. The maximum absolute atomic E-state index is 12.8. The molecule has 3 atom stereocenters. The number of carbonyl (C=O) groups excluding carboxylic acids is 2. The quantitative estimate of drug-likeness (QED) is 0.556. The number of rotatable bonds is 10. The number of carboxylic acid groups (broad SMARTS) is 1. The standard InChI is InChI=1S/C23H28N2O5/c1-3-16(2)20(22(27)28)25-21(26)19(14-17-10-6-4-7-11-17)24-23(29)30-15-18-12-8-5-9-13-18/h4-13,16,19-20H,3,14-15H2,1-2H3,(H,24,29)(H,25,26)(H,27,28)/t16-,19+,20-/m0/s1. The Labute approximate surface area is 176 Å². The molecule has 0 unspecified atom stereocenters. The lowest BCUT2D eigenvalue weighted by Crippen LogP contribution is -2.54. The van der Waals surface area contributed by atoms with E-state index in [9.17, 15) is 19.5 Å². The van der Waals surface area contributed by atoms with E-state index in [-0.39, 0.29) is 18.9 Å². The van der Waals surface area contributed by atoms with E-state index in [0.29, 0.717) is 6.42 Å². The molecule has 2 amide bonds. The lowest BCUT2D eigenvalue weighted by Gasteiger charge is -2.24. The Kier molecular flexibility index (Phi) is 8.87. The van der Waals surface area contributed by atoms with Gasteiger partial charge in [0.05, 0.1) is 0 Å². The molecule has 2 aromatic carbocycles. The second-order valence-electron chi connectivity index (χ2n) is 7.16. The van der Waals surface area contributed by atoms with Crippen molar-refractivity contribution in [2.45, 2.75) is 45.4 Å². The number of ether oxygens (including phenoxy) is 1. The van der Waals surface area contributed by atoms with Crippen molar-refractivity contribution in [2.24, 2.45) is 5.92 Å².